The first-order valence-corrected chi connectivity index (χ1v) is 38.7. The Morgan fingerprint density at radius 1 is 0.298 bits per heavy atom. The molecule has 0 aliphatic carbocycles. The highest BCUT2D eigenvalue weighted by atomic mass is 35.5. The van der Waals surface area contributed by atoms with Crippen molar-refractivity contribution in [3.63, 3.8) is 0 Å². The smallest absolute Gasteiger partial charge is 0.164 e. The van der Waals surface area contributed by atoms with Crippen molar-refractivity contribution in [2.45, 2.75) is 151 Å². The van der Waals surface area contributed by atoms with Gasteiger partial charge in [0.15, 0.2) is 28.2 Å². The van der Waals surface area contributed by atoms with Crippen LogP contribution in [0.15, 0.2) is 208 Å². The fraction of sp³-hybridized carbons (Fsp3) is 0.256. The number of halogens is 6. The van der Waals surface area contributed by atoms with Gasteiger partial charge in [0.1, 0.15) is 77.8 Å². The predicted molar refractivity (Wildman–Crippen MR) is 507 cm³/mol. The Labute approximate surface area is 738 Å². The molecule has 0 amide bonds. The third-order valence-electron chi connectivity index (χ3n) is 19.7. The molecule has 0 bridgehead atoms. The maximum absolute atomic E-state index is 6.19. The first-order chi connectivity index (χ1) is 55.1. The van der Waals surface area contributed by atoms with Crippen molar-refractivity contribution in [3.05, 3.63) is 241 Å². The number of nitrogen functional groups attached to an aromatic ring is 5. The third kappa shape index (κ3) is 19.4. The molecule has 8 aromatic carbocycles. The number of rotatable bonds is 7. The number of benzene rings is 8. The van der Waals surface area contributed by atoms with Gasteiger partial charge in [-0.2, -0.15) is 25.5 Å². The van der Waals surface area contributed by atoms with Crippen LogP contribution in [0.1, 0.15) is 132 Å². The first-order valence-electron chi connectivity index (χ1n) is 38.3. The Morgan fingerprint density at radius 2 is 0.620 bits per heavy atom. The molecular weight excluding hydrogens is 1640 g/mol. The summed E-state index contributed by atoms with van der Waals surface area (Å²) in [6.07, 6.45) is 8.84. The Bertz CT molecular complexity index is 6520. The third-order valence-corrected chi connectivity index (χ3v) is 20.0. The van der Waals surface area contributed by atoms with Crippen molar-refractivity contribution in [1.29, 1.82) is 0 Å². The predicted octanol–water partition coefficient (Wildman–Crippen LogP) is 20.5. The maximum atomic E-state index is 6.19. The average Bonchev–Trinajstić information content (AvgIpc) is 1.61. The summed E-state index contributed by atoms with van der Waals surface area (Å²) in [5.74, 6) is 2.32. The van der Waals surface area contributed by atoms with Crippen molar-refractivity contribution in [2.75, 3.05) is 28.7 Å². The van der Waals surface area contributed by atoms with Crippen LogP contribution in [0, 0.1) is 6.92 Å². The summed E-state index contributed by atoms with van der Waals surface area (Å²) in [7, 11) is 0. The van der Waals surface area contributed by atoms with Crippen LogP contribution in [0.4, 0.5) is 29.1 Å². The number of nitrogens with two attached hydrogens (primary N) is 5. The second kappa shape index (κ2) is 36.9. The van der Waals surface area contributed by atoms with E-state index < -0.39 is 0 Å². The van der Waals surface area contributed by atoms with Gasteiger partial charge in [-0.3, -0.25) is 0 Å². The lowest BCUT2D eigenvalue weighted by Gasteiger charge is -2.19. The van der Waals surface area contributed by atoms with E-state index in [-0.39, 0.29) is 89.7 Å². The quantitative estimate of drug-likeness (QED) is 0.0989. The number of aromatic nitrogens is 20. The summed E-state index contributed by atoms with van der Waals surface area (Å²) < 4.78 is 9.61. The molecule has 0 spiro atoms. The number of aryl methyl sites for hydroxylation is 1. The molecule has 18 aromatic rings. The Morgan fingerprint density at radius 3 is 1.05 bits per heavy atom. The van der Waals surface area contributed by atoms with E-state index in [0.29, 0.717) is 47.0 Å². The lowest BCUT2D eigenvalue weighted by Crippen LogP contribution is -2.23. The standard InChI is InChI=1S/2C20H21N5.C19H19N5.C16H19N5.C15H16ClN5.5ClH/c1-20(2,3)25-19-17(18(21)22-12-23-19)16(24-25)11-14-9-6-8-13-7-4-5-10-15(13)14;1-20(2,3)25-19-17(18(21)22-12-23-19)16(24-25)11-13-8-9-14-6-4-5-7-15(14)10-13;1-19(2,3)24-18-15(17(20)21-11-22-18)16(23-24)14-10-6-8-12-7-4-5-9-13(12)14;1-10-5-7-11(8-6-10)13-12-14(17)18-9-19-15(12)21(20-13)16(2,3)4;1-15(2,3)21-14-11(13(17)18-8-19-14)12(20-21)9-4-6-10(16)7-5-9;;;;;/h2*4-10,12H,11H2,1-3H3,(H2,21,22,23);4-11H,1-3H3,(H2,20,21,22);5-9H,1-4H3,(H2,17,18,19);4-8H,1-3H3,(H2,17,18,19);5*1H. The molecule has 121 heavy (non-hydrogen) atoms. The molecule has 31 heteroatoms. The van der Waals surface area contributed by atoms with Crippen LogP contribution in [0.3, 0.4) is 0 Å². The van der Waals surface area contributed by atoms with E-state index in [1.54, 1.807) is 0 Å². The van der Waals surface area contributed by atoms with Crippen LogP contribution in [0.25, 0.3) is 121 Å². The normalized spacial score (nSPS) is 11.6. The lowest BCUT2D eigenvalue weighted by molar-refractivity contribution is 0.363. The average molecular weight is 1750 g/mol. The zero-order valence-corrected chi connectivity index (χ0v) is 75.1. The molecule has 10 heterocycles. The lowest BCUT2D eigenvalue weighted by atomic mass is 10.0. The molecule has 0 saturated heterocycles. The highest BCUT2D eigenvalue weighted by molar-refractivity contribution is 6.30. The van der Waals surface area contributed by atoms with Crippen LogP contribution in [0.2, 0.25) is 5.02 Å². The van der Waals surface area contributed by atoms with Gasteiger partial charge in [0.05, 0.1) is 66.0 Å². The van der Waals surface area contributed by atoms with Gasteiger partial charge in [-0.1, -0.05) is 181 Å². The fourth-order valence-corrected chi connectivity index (χ4v) is 14.2. The van der Waals surface area contributed by atoms with Gasteiger partial charge < -0.3 is 28.7 Å². The number of nitrogens with zero attached hydrogens (tertiary/aromatic N) is 20. The molecule has 10 aromatic heterocycles. The molecule has 0 radical (unpaired) electrons. The maximum Gasteiger partial charge on any atom is 0.164 e. The van der Waals surface area contributed by atoms with Gasteiger partial charge in [0.2, 0.25) is 0 Å². The molecule has 0 aliphatic heterocycles. The zero-order chi connectivity index (χ0) is 82.5. The number of anilines is 5. The van der Waals surface area contributed by atoms with Crippen LogP contribution in [-0.4, -0.2) is 98.7 Å². The van der Waals surface area contributed by atoms with E-state index >= 15 is 0 Å². The van der Waals surface area contributed by atoms with Crippen molar-refractivity contribution < 1.29 is 0 Å². The topological polar surface area (TPSA) is 348 Å². The molecule has 25 nitrogen and oxygen atoms in total. The first kappa shape index (κ1) is 92.9. The number of fused-ring (bicyclic) bond motifs is 8. The van der Waals surface area contributed by atoms with E-state index in [1.807, 2.05) is 65.9 Å². The molecule has 0 fully saturated rings. The summed E-state index contributed by atoms with van der Waals surface area (Å²) >= 11 is 5.95. The van der Waals surface area contributed by atoms with Crippen LogP contribution in [-0.2, 0) is 40.5 Å². The van der Waals surface area contributed by atoms with Gasteiger partial charge in [0.25, 0.3) is 0 Å². The van der Waals surface area contributed by atoms with Crippen molar-refractivity contribution in [1.82, 2.24) is 98.7 Å². The minimum atomic E-state index is -0.206. The molecule has 0 atom stereocenters. The Balaban J connectivity index is 0.000000170. The van der Waals surface area contributed by atoms with Crippen LogP contribution < -0.4 is 28.7 Å². The minimum Gasteiger partial charge on any atom is -0.383 e. The number of hydrogen-bond acceptors (Lipinski definition) is 20. The minimum absolute atomic E-state index is 0. The molecule has 0 saturated carbocycles. The SMILES string of the molecule is CC(C)(C)n1nc(-c2ccc(Cl)cc2)c2c(N)ncnc21.CC(C)(C)n1nc(-c2cccc3ccccc23)c2c(N)ncnc21.CC(C)(C)n1nc(Cc2ccc3ccccc3c2)c2c(N)ncnc21.CC(C)(C)n1nc(Cc2cccc3ccccc23)c2c(N)ncnc21.Cc1ccc(-c2nn(C(C)(C)C)c3ncnc(N)c23)cc1.Cl.Cl.Cl.Cl.Cl. The summed E-state index contributed by atoms with van der Waals surface area (Å²) in [4.78, 5) is 42.8. The van der Waals surface area contributed by atoms with Gasteiger partial charge in [0, 0.05) is 34.6 Å². The summed E-state index contributed by atoms with van der Waals surface area (Å²) in [5, 5.41) is 36.1. The Kier molecular flexibility index (Phi) is 28.4. The molecule has 18 rings (SSSR count). The monoisotopic (exact) mass is 1740 g/mol. The Hall–Kier alpha value is -12.0. The highest BCUT2D eigenvalue weighted by Crippen LogP contribution is 2.40. The van der Waals surface area contributed by atoms with E-state index in [9.17, 15) is 0 Å². The van der Waals surface area contributed by atoms with Gasteiger partial charge in [-0.25, -0.2) is 73.2 Å². The van der Waals surface area contributed by atoms with Gasteiger partial charge >= 0.3 is 0 Å². The van der Waals surface area contributed by atoms with E-state index in [4.69, 9.17) is 65.8 Å². The van der Waals surface area contributed by atoms with Gasteiger partial charge in [-0.15, -0.1) is 62.0 Å². The second-order valence-corrected chi connectivity index (χ2v) is 34.1. The molecule has 10 N–H and O–H groups in total. The van der Waals surface area contributed by atoms with E-state index in [1.165, 1.54) is 75.3 Å². The fourth-order valence-electron chi connectivity index (χ4n) is 14.1. The highest BCUT2D eigenvalue weighted by Gasteiger charge is 2.30. The zero-order valence-electron chi connectivity index (χ0n) is 70.3. The molecule has 0 aliphatic rings. The van der Waals surface area contributed by atoms with Crippen molar-refractivity contribution in [3.8, 4) is 33.8 Å². The van der Waals surface area contributed by atoms with Crippen LogP contribution >= 0.6 is 73.6 Å². The summed E-state index contributed by atoms with van der Waals surface area (Å²) in [6, 6.07) is 59.8. The largest absolute Gasteiger partial charge is 0.383 e. The van der Waals surface area contributed by atoms with Crippen LogP contribution in [0.5, 0.6) is 0 Å². The van der Waals surface area contributed by atoms with E-state index in [2.05, 4.69) is 294 Å². The summed E-state index contributed by atoms with van der Waals surface area (Å²) in [6.45, 7) is 33.5. The molecular formula is C90H101Cl6N25. The molecule has 0 unspecified atom stereocenters. The number of hydrogen-bond donors (Lipinski definition) is 5. The second-order valence-electron chi connectivity index (χ2n) is 33.7. The van der Waals surface area contributed by atoms with E-state index in [0.717, 1.165) is 106 Å². The van der Waals surface area contributed by atoms with Crippen molar-refractivity contribution in [2.24, 2.45) is 0 Å². The molecule has 628 valence electrons. The van der Waals surface area contributed by atoms with Gasteiger partial charge in [-0.05, 0) is 166 Å². The summed E-state index contributed by atoms with van der Waals surface area (Å²) in [5.41, 5.74) is 44.4. The van der Waals surface area contributed by atoms with Crippen molar-refractivity contribution >= 4 is 190 Å².